The van der Waals surface area contributed by atoms with Crippen LogP contribution in [-0.2, 0) is 15.9 Å². The normalized spacial score (nSPS) is 15.2. The molecule has 8 heteroatoms. The van der Waals surface area contributed by atoms with Gasteiger partial charge in [0.05, 0.1) is 18.9 Å². The number of nitrogens with zero attached hydrogens (tertiary/aromatic N) is 1. The van der Waals surface area contributed by atoms with E-state index in [4.69, 9.17) is 4.74 Å². The molecule has 1 aromatic heterocycles. The van der Waals surface area contributed by atoms with E-state index >= 15 is 0 Å². The average molecular weight is 408 g/mol. The molecule has 0 saturated carbocycles. The number of carbonyl (C=O) groups is 3. The summed E-state index contributed by atoms with van der Waals surface area (Å²) in [5.74, 6) is -1.30. The first-order valence-corrected chi connectivity index (χ1v) is 9.61. The first kappa shape index (κ1) is 18.8. The van der Waals surface area contributed by atoms with Gasteiger partial charge in [-0.15, -0.1) is 0 Å². The number of aromatic nitrogens is 1. The van der Waals surface area contributed by atoms with Crippen LogP contribution >= 0.6 is 11.3 Å². The van der Waals surface area contributed by atoms with E-state index in [1.165, 1.54) is 13.3 Å². The molecule has 3 aromatic rings. The molecule has 1 aliphatic rings. The van der Waals surface area contributed by atoms with Crippen LogP contribution in [0.2, 0.25) is 0 Å². The van der Waals surface area contributed by atoms with Gasteiger partial charge in [-0.25, -0.2) is 14.6 Å². The van der Waals surface area contributed by atoms with E-state index in [1.54, 1.807) is 18.2 Å². The highest BCUT2D eigenvalue weighted by molar-refractivity contribution is 7.17. The minimum absolute atomic E-state index is 0.287. The number of hydrogen-bond donors (Lipinski definition) is 1. The summed E-state index contributed by atoms with van der Waals surface area (Å²) in [6.07, 6.45) is 1.44. The predicted octanol–water partition coefficient (Wildman–Crippen LogP) is 3.64. The zero-order chi connectivity index (χ0) is 20.4. The number of carbonyl (C=O) groups excluding carboxylic acids is 3. The molecule has 29 heavy (non-hydrogen) atoms. The number of ether oxygens (including phenoxy) is 2. The molecule has 7 nitrogen and oxygen atoms in total. The highest BCUT2D eigenvalue weighted by atomic mass is 32.1. The highest BCUT2D eigenvalue weighted by Crippen LogP contribution is 2.31. The summed E-state index contributed by atoms with van der Waals surface area (Å²) in [5.41, 5.74) is 2.49. The van der Waals surface area contributed by atoms with Gasteiger partial charge >= 0.3 is 11.9 Å². The molecule has 1 N–H and O–H groups in total. The molecule has 1 aliphatic heterocycles. The summed E-state index contributed by atoms with van der Waals surface area (Å²) in [5, 5.41) is 2.95. The highest BCUT2D eigenvalue weighted by Gasteiger charge is 2.28. The monoisotopic (exact) mass is 408 g/mol. The molecule has 0 aliphatic carbocycles. The number of hydrogen-bond acceptors (Lipinski definition) is 7. The Bertz CT molecular complexity index is 1090. The zero-order valence-electron chi connectivity index (χ0n) is 15.4. The summed E-state index contributed by atoms with van der Waals surface area (Å²) >= 11 is 1.02. The third kappa shape index (κ3) is 3.88. The lowest BCUT2D eigenvalue weighted by Gasteiger charge is -2.25. The van der Waals surface area contributed by atoms with Crippen molar-refractivity contribution in [3.8, 4) is 0 Å². The minimum Gasteiger partial charge on any atom is -0.465 e. The van der Waals surface area contributed by atoms with E-state index in [1.807, 2.05) is 30.3 Å². The number of amides is 1. The Morgan fingerprint density at radius 1 is 1.21 bits per heavy atom. The lowest BCUT2D eigenvalue weighted by atomic mass is 9.93. The standard InChI is InChI=1S/C21H16N2O5S/c1-27-20(26)17-11-22-21(29-17)23-18(24)13-7-8-15-14(9-13)10-16(28-19(15)25)12-5-3-2-4-6-12/h2-9,11,16H,10H2,1H3,(H,22,23,24). The molecule has 0 saturated heterocycles. The number of fused-ring (bicyclic) bond motifs is 1. The molecular weight excluding hydrogens is 392 g/mol. The Balaban J connectivity index is 1.54. The van der Waals surface area contributed by atoms with Gasteiger partial charge in [0.2, 0.25) is 0 Å². The van der Waals surface area contributed by atoms with Crippen molar-refractivity contribution in [1.82, 2.24) is 4.98 Å². The van der Waals surface area contributed by atoms with Gasteiger partial charge in [-0.3, -0.25) is 10.1 Å². The van der Waals surface area contributed by atoms with Gasteiger partial charge in [0.25, 0.3) is 5.91 Å². The fourth-order valence-electron chi connectivity index (χ4n) is 3.09. The molecule has 1 unspecified atom stereocenters. The molecule has 0 spiro atoms. The molecule has 146 valence electrons. The Kier molecular flexibility index (Phi) is 5.09. The van der Waals surface area contributed by atoms with Crippen molar-refractivity contribution in [1.29, 1.82) is 0 Å². The molecule has 0 bridgehead atoms. The summed E-state index contributed by atoms with van der Waals surface area (Å²) < 4.78 is 10.2. The van der Waals surface area contributed by atoms with Crippen molar-refractivity contribution in [3.05, 3.63) is 81.9 Å². The molecular formula is C21H16N2O5S. The van der Waals surface area contributed by atoms with Crippen LogP contribution in [0.4, 0.5) is 5.13 Å². The number of esters is 2. The largest absolute Gasteiger partial charge is 0.465 e. The second-order valence-electron chi connectivity index (χ2n) is 6.36. The van der Waals surface area contributed by atoms with Crippen LogP contribution in [0.25, 0.3) is 0 Å². The number of cyclic esters (lactones) is 1. The number of thiazole rings is 1. The van der Waals surface area contributed by atoms with Gasteiger partial charge in [0.1, 0.15) is 11.0 Å². The summed E-state index contributed by atoms with van der Waals surface area (Å²) in [6, 6.07) is 14.3. The van der Waals surface area contributed by atoms with E-state index < -0.39 is 18.0 Å². The molecule has 2 aromatic carbocycles. The van der Waals surface area contributed by atoms with E-state index in [0.717, 1.165) is 22.5 Å². The SMILES string of the molecule is COC(=O)c1cnc(NC(=O)c2ccc3c(c2)CC(c2ccccc2)OC3=O)s1. The Hall–Kier alpha value is -3.52. The predicted molar refractivity (Wildman–Crippen MR) is 106 cm³/mol. The molecule has 0 radical (unpaired) electrons. The third-order valence-corrected chi connectivity index (χ3v) is 5.42. The summed E-state index contributed by atoms with van der Waals surface area (Å²) in [7, 11) is 1.28. The number of rotatable bonds is 4. The van der Waals surface area contributed by atoms with Crippen molar-refractivity contribution in [2.75, 3.05) is 12.4 Å². The van der Waals surface area contributed by atoms with Gasteiger partial charge < -0.3 is 9.47 Å². The van der Waals surface area contributed by atoms with E-state index in [2.05, 4.69) is 15.0 Å². The average Bonchev–Trinajstić information content (AvgIpc) is 3.21. The van der Waals surface area contributed by atoms with Crippen LogP contribution < -0.4 is 5.32 Å². The van der Waals surface area contributed by atoms with Gasteiger partial charge in [0.15, 0.2) is 5.13 Å². The van der Waals surface area contributed by atoms with Gasteiger partial charge in [-0.1, -0.05) is 41.7 Å². The molecule has 4 rings (SSSR count). The molecule has 0 fully saturated rings. The lowest BCUT2D eigenvalue weighted by molar-refractivity contribution is 0.0252. The molecule has 1 atom stereocenters. The minimum atomic E-state index is -0.512. The maximum absolute atomic E-state index is 12.6. The second-order valence-corrected chi connectivity index (χ2v) is 7.39. The second kappa shape index (κ2) is 7.84. The van der Waals surface area contributed by atoms with Gasteiger partial charge in [-0.2, -0.15) is 0 Å². The third-order valence-electron chi connectivity index (χ3n) is 4.53. The van der Waals surface area contributed by atoms with Crippen molar-refractivity contribution in [2.45, 2.75) is 12.5 Å². The first-order valence-electron chi connectivity index (χ1n) is 8.79. The van der Waals surface area contributed by atoms with Crippen LogP contribution in [0.1, 0.15) is 47.6 Å². The maximum atomic E-state index is 12.6. The van der Waals surface area contributed by atoms with Crippen molar-refractivity contribution < 1.29 is 23.9 Å². The van der Waals surface area contributed by atoms with Gasteiger partial charge in [0, 0.05) is 12.0 Å². The fourth-order valence-corrected chi connectivity index (χ4v) is 3.82. The first-order chi connectivity index (χ1) is 14.0. The smallest absolute Gasteiger partial charge is 0.349 e. The van der Waals surface area contributed by atoms with Crippen LogP contribution in [0.15, 0.2) is 54.7 Å². The molecule has 1 amide bonds. The topological polar surface area (TPSA) is 94.6 Å². The van der Waals surface area contributed by atoms with E-state index in [0.29, 0.717) is 22.4 Å². The number of methoxy groups -OCH3 is 1. The zero-order valence-corrected chi connectivity index (χ0v) is 16.2. The number of benzene rings is 2. The molecule has 2 heterocycles. The Labute approximate surface area is 170 Å². The number of nitrogens with one attached hydrogen (secondary N) is 1. The maximum Gasteiger partial charge on any atom is 0.349 e. The van der Waals surface area contributed by atoms with Crippen LogP contribution in [0.3, 0.4) is 0 Å². The van der Waals surface area contributed by atoms with Crippen molar-refractivity contribution >= 4 is 34.3 Å². The summed E-state index contributed by atoms with van der Waals surface area (Å²) in [6.45, 7) is 0. The fraction of sp³-hybridized carbons (Fsp3) is 0.143. The van der Waals surface area contributed by atoms with Crippen molar-refractivity contribution in [2.24, 2.45) is 0 Å². The quantitative estimate of drug-likeness (QED) is 0.663. The lowest BCUT2D eigenvalue weighted by Crippen LogP contribution is -2.23. The van der Waals surface area contributed by atoms with Crippen LogP contribution in [0.5, 0.6) is 0 Å². The Morgan fingerprint density at radius 2 is 2.00 bits per heavy atom. The van der Waals surface area contributed by atoms with Crippen molar-refractivity contribution in [3.63, 3.8) is 0 Å². The number of anilines is 1. The van der Waals surface area contributed by atoms with Gasteiger partial charge in [-0.05, 0) is 29.3 Å². The Morgan fingerprint density at radius 3 is 2.76 bits per heavy atom. The van der Waals surface area contributed by atoms with Crippen LogP contribution in [-0.4, -0.2) is 29.9 Å². The van der Waals surface area contributed by atoms with E-state index in [-0.39, 0.29) is 11.0 Å². The van der Waals surface area contributed by atoms with E-state index in [9.17, 15) is 14.4 Å². The summed E-state index contributed by atoms with van der Waals surface area (Å²) in [4.78, 5) is 40.8. The van der Waals surface area contributed by atoms with Crippen LogP contribution in [0, 0.1) is 0 Å².